The summed E-state index contributed by atoms with van der Waals surface area (Å²) in [5.41, 5.74) is 1.89. The molecule has 0 spiro atoms. The second-order valence-electron chi connectivity index (χ2n) is 8.57. The van der Waals surface area contributed by atoms with Crippen LogP contribution in [0.5, 0.6) is 0 Å². The molecule has 0 radical (unpaired) electrons. The number of halogens is 3. The lowest BCUT2D eigenvalue weighted by Gasteiger charge is -2.27. The largest absolute Gasteiger partial charge is 0.379 e. The molecule has 1 saturated heterocycles. The summed E-state index contributed by atoms with van der Waals surface area (Å²) >= 11 is 9.76. The Hall–Kier alpha value is -2.50. The Kier molecular flexibility index (Phi) is 8.86. The van der Waals surface area contributed by atoms with Gasteiger partial charge in [0.25, 0.3) is 0 Å². The highest BCUT2D eigenvalue weighted by atomic mass is 79.9. The van der Waals surface area contributed by atoms with Gasteiger partial charge in [0.2, 0.25) is 10.0 Å². The first kappa shape index (κ1) is 27.5. The van der Waals surface area contributed by atoms with Crippen molar-refractivity contribution < 1.29 is 22.3 Å². The number of rotatable bonds is 7. The van der Waals surface area contributed by atoms with E-state index in [0.717, 1.165) is 10.0 Å². The number of anilines is 1. The Bertz CT molecular complexity index is 1380. The SMILES string of the molecule is Cc1ccc(NC(=O)NC(Cc2c(F)cccc2Cl)c2ccccc2Br)cc1S(=O)(=O)N1CCOCC1. The van der Waals surface area contributed by atoms with E-state index in [1.807, 2.05) is 24.3 Å². The highest BCUT2D eigenvalue weighted by Crippen LogP contribution is 2.30. The number of sulfonamides is 1. The summed E-state index contributed by atoms with van der Waals surface area (Å²) < 4.78 is 48.4. The zero-order valence-electron chi connectivity index (χ0n) is 20.0. The molecule has 0 aliphatic carbocycles. The van der Waals surface area contributed by atoms with Crippen LogP contribution >= 0.6 is 27.5 Å². The van der Waals surface area contributed by atoms with Crippen molar-refractivity contribution >= 4 is 49.3 Å². The van der Waals surface area contributed by atoms with Crippen molar-refractivity contribution in [1.29, 1.82) is 0 Å². The van der Waals surface area contributed by atoms with Crippen LogP contribution in [-0.4, -0.2) is 45.1 Å². The lowest BCUT2D eigenvalue weighted by Crippen LogP contribution is -2.40. The first-order chi connectivity index (χ1) is 17.7. The molecule has 0 bridgehead atoms. The van der Waals surface area contributed by atoms with Crippen molar-refractivity contribution in [2.24, 2.45) is 0 Å². The number of ether oxygens (including phenoxy) is 1. The molecule has 11 heteroatoms. The number of carbonyl (C=O) groups excluding carboxylic acids is 1. The molecule has 3 aromatic rings. The zero-order valence-corrected chi connectivity index (χ0v) is 23.2. The van der Waals surface area contributed by atoms with Crippen LogP contribution in [0.4, 0.5) is 14.9 Å². The smallest absolute Gasteiger partial charge is 0.319 e. The minimum absolute atomic E-state index is 0.103. The third-order valence-electron chi connectivity index (χ3n) is 6.09. The van der Waals surface area contributed by atoms with E-state index < -0.39 is 27.9 Å². The maximum atomic E-state index is 14.6. The van der Waals surface area contributed by atoms with Crippen molar-refractivity contribution in [2.75, 3.05) is 31.6 Å². The molecular formula is C26H26BrClFN3O4S. The highest BCUT2D eigenvalue weighted by Gasteiger charge is 2.28. The number of nitrogens with one attached hydrogen (secondary N) is 2. The molecule has 196 valence electrons. The average molecular weight is 611 g/mol. The van der Waals surface area contributed by atoms with Gasteiger partial charge in [0.05, 0.1) is 24.2 Å². The fraction of sp³-hybridized carbons (Fsp3) is 0.269. The standard InChI is InChI=1S/C26H26BrClFN3O4S/c1-17-9-10-18(15-25(17)37(34,35)32-11-13-36-14-12-32)30-26(33)31-24(19-5-2-3-6-21(19)27)16-20-22(28)7-4-8-23(20)29/h2-10,15,24H,11-14,16H2,1H3,(H2,30,31,33). The lowest BCUT2D eigenvalue weighted by molar-refractivity contribution is 0.0730. The Morgan fingerprint density at radius 3 is 2.57 bits per heavy atom. The van der Waals surface area contributed by atoms with Gasteiger partial charge in [-0.15, -0.1) is 0 Å². The molecule has 37 heavy (non-hydrogen) atoms. The molecule has 2 N–H and O–H groups in total. The van der Waals surface area contributed by atoms with Gasteiger partial charge in [-0.2, -0.15) is 4.31 Å². The van der Waals surface area contributed by atoms with E-state index in [1.165, 1.54) is 22.5 Å². The van der Waals surface area contributed by atoms with Gasteiger partial charge in [-0.25, -0.2) is 17.6 Å². The van der Waals surface area contributed by atoms with Gasteiger partial charge in [-0.05, 0) is 48.4 Å². The van der Waals surface area contributed by atoms with Gasteiger partial charge in [-0.1, -0.05) is 57.9 Å². The number of hydrogen-bond acceptors (Lipinski definition) is 4. The van der Waals surface area contributed by atoms with Crippen molar-refractivity contribution in [3.63, 3.8) is 0 Å². The van der Waals surface area contributed by atoms with E-state index >= 15 is 0 Å². The van der Waals surface area contributed by atoms with Crippen molar-refractivity contribution in [3.8, 4) is 0 Å². The van der Waals surface area contributed by atoms with E-state index in [1.54, 1.807) is 25.1 Å². The number of urea groups is 1. The van der Waals surface area contributed by atoms with Crippen molar-refractivity contribution in [3.05, 3.63) is 92.7 Å². The van der Waals surface area contributed by atoms with Crippen LogP contribution in [-0.2, 0) is 21.2 Å². The minimum atomic E-state index is -3.75. The van der Waals surface area contributed by atoms with Gasteiger partial charge in [-0.3, -0.25) is 0 Å². The maximum absolute atomic E-state index is 14.6. The summed E-state index contributed by atoms with van der Waals surface area (Å²) in [6.45, 7) is 2.92. The van der Waals surface area contributed by atoms with E-state index in [-0.39, 0.29) is 35.0 Å². The van der Waals surface area contributed by atoms with E-state index in [0.29, 0.717) is 24.5 Å². The second-order valence-corrected chi connectivity index (χ2v) is 11.7. The first-order valence-corrected chi connectivity index (χ1v) is 14.2. The molecule has 7 nitrogen and oxygen atoms in total. The normalized spacial score (nSPS) is 15.2. The quantitative estimate of drug-likeness (QED) is 0.361. The van der Waals surface area contributed by atoms with Crippen molar-refractivity contribution in [1.82, 2.24) is 9.62 Å². The van der Waals surface area contributed by atoms with Crippen LogP contribution in [0.3, 0.4) is 0 Å². The van der Waals surface area contributed by atoms with Gasteiger partial charge >= 0.3 is 6.03 Å². The van der Waals surface area contributed by atoms with Crippen LogP contribution < -0.4 is 10.6 Å². The predicted molar refractivity (Wildman–Crippen MR) is 145 cm³/mol. The molecule has 4 rings (SSSR count). The maximum Gasteiger partial charge on any atom is 0.319 e. The Balaban J connectivity index is 1.57. The Morgan fingerprint density at radius 1 is 1.14 bits per heavy atom. The number of morpholine rings is 1. The van der Waals surface area contributed by atoms with Crippen LogP contribution in [0.2, 0.25) is 5.02 Å². The van der Waals surface area contributed by atoms with E-state index in [9.17, 15) is 17.6 Å². The number of benzene rings is 3. The molecule has 1 aliphatic heterocycles. The number of hydrogen-bond donors (Lipinski definition) is 2. The minimum Gasteiger partial charge on any atom is -0.379 e. The molecule has 1 aliphatic rings. The van der Waals surface area contributed by atoms with Crippen molar-refractivity contribution in [2.45, 2.75) is 24.3 Å². The summed E-state index contributed by atoms with van der Waals surface area (Å²) in [6.07, 6.45) is 0.103. The third-order valence-corrected chi connectivity index (χ3v) is 9.21. The summed E-state index contributed by atoms with van der Waals surface area (Å²) in [5.74, 6) is -0.469. The molecule has 0 aromatic heterocycles. The molecule has 1 heterocycles. The number of carbonyl (C=O) groups is 1. The molecule has 1 fully saturated rings. The summed E-state index contributed by atoms with van der Waals surface area (Å²) in [4.78, 5) is 13.2. The van der Waals surface area contributed by atoms with Gasteiger partial charge in [0, 0.05) is 40.3 Å². The monoisotopic (exact) mass is 609 g/mol. The molecule has 1 atom stereocenters. The Morgan fingerprint density at radius 2 is 1.86 bits per heavy atom. The summed E-state index contributed by atoms with van der Waals surface area (Å²) in [7, 11) is -3.75. The molecular weight excluding hydrogens is 585 g/mol. The van der Waals surface area contributed by atoms with E-state index in [4.69, 9.17) is 16.3 Å². The fourth-order valence-corrected chi connectivity index (χ4v) is 6.60. The lowest BCUT2D eigenvalue weighted by atomic mass is 9.98. The fourth-order valence-electron chi connectivity index (χ4n) is 4.14. The van der Waals surface area contributed by atoms with Crippen LogP contribution in [0.25, 0.3) is 0 Å². The number of amides is 2. The average Bonchev–Trinajstić information content (AvgIpc) is 2.87. The van der Waals surface area contributed by atoms with Crippen LogP contribution in [0.1, 0.15) is 22.7 Å². The second kappa shape index (κ2) is 11.9. The topological polar surface area (TPSA) is 87.7 Å². The third kappa shape index (κ3) is 6.50. The van der Waals surface area contributed by atoms with Crippen LogP contribution in [0, 0.1) is 12.7 Å². The molecule has 2 amide bonds. The number of nitrogens with zero attached hydrogens (tertiary/aromatic N) is 1. The summed E-state index contributed by atoms with van der Waals surface area (Å²) in [6, 6.07) is 15.3. The van der Waals surface area contributed by atoms with Gasteiger partial charge in [0.15, 0.2) is 0 Å². The molecule has 0 saturated carbocycles. The molecule has 1 unspecified atom stereocenters. The Labute approximate surface area is 229 Å². The summed E-state index contributed by atoms with van der Waals surface area (Å²) in [5, 5.41) is 5.86. The van der Waals surface area contributed by atoms with Gasteiger partial charge < -0.3 is 15.4 Å². The zero-order chi connectivity index (χ0) is 26.6. The number of aryl methyl sites for hydroxylation is 1. The highest BCUT2D eigenvalue weighted by molar-refractivity contribution is 9.10. The van der Waals surface area contributed by atoms with Crippen LogP contribution in [0.15, 0.2) is 70.0 Å². The van der Waals surface area contributed by atoms with Gasteiger partial charge in [0.1, 0.15) is 5.82 Å². The predicted octanol–water partition coefficient (Wildman–Crippen LogP) is 5.68. The first-order valence-electron chi connectivity index (χ1n) is 11.6. The van der Waals surface area contributed by atoms with E-state index in [2.05, 4.69) is 26.6 Å². The molecule has 3 aromatic carbocycles.